The quantitative estimate of drug-likeness (QED) is 0.588. The molecule has 86 valence electrons. The van der Waals surface area contributed by atoms with Gasteiger partial charge in [-0.25, -0.2) is 4.79 Å². The molecule has 0 spiro atoms. The van der Waals surface area contributed by atoms with Crippen LogP contribution in [-0.4, -0.2) is 45.5 Å². The van der Waals surface area contributed by atoms with E-state index in [1.165, 1.54) is 0 Å². The monoisotopic (exact) mass is 218 g/mol. The van der Waals surface area contributed by atoms with Gasteiger partial charge >= 0.3 is 12.0 Å². The molecule has 0 unspecified atom stereocenters. The Morgan fingerprint density at radius 1 is 1.47 bits per heavy atom. The van der Waals surface area contributed by atoms with Crippen LogP contribution in [0.2, 0.25) is 0 Å². The van der Waals surface area contributed by atoms with Crippen molar-refractivity contribution in [2.75, 3.05) is 6.54 Å². The Bertz CT molecular complexity index is 299. The number of amides is 3. The Balaban J connectivity index is 0.00000196. The molecule has 0 aliphatic carbocycles. The van der Waals surface area contributed by atoms with Crippen molar-refractivity contribution in [3.05, 3.63) is 0 Å². The second-order valence-electron chi connectivity index (χ2n) is 3.66. The highest BCUT2D eigenvalue weighted by atomic mass is 16.4. The first-order chi connectivity index (χ1) is 6.34. The Morgan fingerprint density at radius 2 is 2.00 bits per heavy atom. The molecule has 0 bridgehead atoms. The lowest BCUT2D eigenvalue weighted by Crippen LogP contribution is -2.40. The lowest BCUT2D eigenvalue weighted by atomic mass is 10.1. The number of hydrogen-bond donors (Lipinski definition) is 2. The average molecular weight is 218 g/mol. The molecular weight excluding hydrogens is 204 g/mol. The minimum absolute atomic E-state index is 0. The molecule has 1 rings (SSSR count). The zero-order valence-corrected chi connectivity index (χ0v) is 8.53. The number of urea groups is 1. The van der Waals surface area contributed by atoms with Crippen LogP contribution in [0.25, 0.3) is 0 Å². The van der Waals surface area contributed by atoms with Gasteiger partial charge < -0.3 is 15.9 Å². The van der Waals surface area contributed by atoms with E-state index in [1.54, 1.807) is 13.8 Å². The third-order valence-electron chi connectivity index (χ3n) is 1.99. The molecule has 1 saturated heterocycles. The van der Waals surface area contributed by atoms with Crippen LogP contribution < -0.4 is 5.32 Å². The van der Waals surface area contributed by atoms with Gasteiger partial charge in [-0.15, -0.1) is 0 Å². The molecule has 0 aromatic heterocycles. The predicted octanol–water partition coefficient (Wildman–Crippen LogP) is -1.03. The Kier molecular flexibility index (Phi) is 3.80. The van der Waals surface area contributed by atoms with Crippen molar-refractivity contribution in [1.82, 2.24) is 10.2 Å². The number of carbonyl (C=O) groups excluding carboxylic acids is 2. The van der Waals surface area contributed by atoms with Gasteiger partial charge in [-0.05, 0) is 13.8 Å². The second kappa shape index (κ2) is 4.26. The SMILES string of the molecule is CC1(C)NC(=O)N(CCC(=O)O)C1=O.O. The van der Waals surface area contributed by atoms with Crippen LogP contribution in [0.15, 0.2) is 0 Å². The fraction of sp³-hybridized carbons (Fsp3) is 0.625. The summed E-state index contributed by atoms with van der Waals surface area (Å²) in [5.41, 5.74) is -0.921. The number of carboxylic acid groups (broad SMARTS) is 1. The largest absolute Gasteiger partial charge is 0.481 e. The molecule has 1 aliphatic rings. The van der Waals surface area contributed by atoms with Crippen molar-refractivity contribution in [2.45, 2.75) is 25.8 Å². The molecular formula is C8H14N2O5. The summed E-state index contributed by atoms with van der Waals surface area (Å²) in [7, 11) is 0. The first-order valence-electron chi connectivity index (χ1n) is 4.20. The summed E-state index contributed by atoms with van der Waals surface area (Å²) in [4.78, 5) is 33.9. The lowest BCUT2D eigenvalue weighted by Gasteiger charge is -2.14. The van der Waals surface area contributed by atoms with Crippen LogP contribution in [0.1, 0.15) is 20.3 Å². The normalized spacial score (nSPS) is 18.4. The van der Waals surface area contributed by atoms with E-state index in [4.69, 9.17) is 5.11 Å². The molecule has 1 heterocycles. The summed E-state index contributed by atoms with van der Waals surface area (Å²) in [6, 6.07) is -0.527. The van der Waals surface area contributed by atoms with Crippen molar-refractivity contribution >= 4 is 17.9 Å². The first kappa shape index (κ1) is 13.4. The summed E-state index contributed by atoms with van der Waals surface area (Å²) in [5.74, 6) is -1.42. The molecule has 0 aromatic carbocycles. The van der Waals surface area contributed by atoms with Gasteiger partial charge in [0.2, 0.25) is 0 Å². The number of rotatable bonds is 3. The van der Waals surface area contributed by atoms with Crippen molar-refractivity contribution < 1.29 is 25.0 Å². The predicted molar refractivity (Wildman–Crippen MR) is 50.2 cm³/mol. The zero-order valence-electron chi connectivity index (χ0n) is 8.53. The third kappa shape index (κ3) is 2.66. The summed E-state index contributed by atoms with van der Waals surface area (Å²) in [6.45, 7) is 3.07. The molecule has 7 heteroatoms. The Morgan fingerprint density at radius 3 is 2.33 bits per heavy atom. The van der Waals surface area contributed by atoms with Crippen molar-refractivity contribution in [3.63, 3.8) is 0 Å². The molecule has 7 nitrogen and oxygen atoms in total. The Labute approximate surface area is 86.4 Å². The fourth-order valence-corrected chi connectivity index (χ4v) is 1.23. The minimum atomic E-state index is -1.03. The van der Waals surface area contributed by atoms with Crippen LogP contribution in [0.5, 0.6) is 0 Å². The molecule has 4 N–H and O–H groups in total. The number of hydrogen-bond acceptors (Lipinski definition) is 3. The maximum absolute atomic E-state index is 11.5. The van der Waals surface area contributed by atoms with E-state index in [1.807, 2.05) is 0 Å². The molecule has 0 aromatic rings. The standard InChI is InChI=1S/C8H12N2O4.H2O/c1-8(2)6(13)10(7(14)9-8)4-3-5(11)12;/h3-4H2,1-2H3,(H,9,14)(H,11,12);1H2. The van der Waals surface area contributed by atoms with Crippen LogP contribution in [-0.2, 0) is 9.59 Å². The van der Waals surface area contributed by atoms with Crippen molar-refractivity contribution in [1.29, 1.82) is 0 Å². The molecule has 1 aliphatic heterocycles. The molecule has 15 heavy (non-hydrogen) atoms. The summed E-state index contributed by atoms with van der Waals surface area (Å²) in [6.07, 6.45) is -0.227. The Hall–Kier alpha value is -1.63. The van der Waals surface area contributed by atoms with Crippen LogP contribution >= 0.6 is 0 Å². The molecule has 0 saturated carbocycles. The van der Waals surface area contributed by atoms with Gasteiger partial charge in [0.15, 0.2) is 0 Å². The molecule has 3 amide bonds. The van der Waals surface area contributed by atoms with Gasteiger partial charge in [-0.1, -0.05) is 0 Å². The number of aliphatic carboxylic acids is 1. The van der Waals surface area contributed by atoms with Gasteiger partial charge in [-0.2, -0.15) is 0 Å². The molecule has 0 atom stereocenters. The van der Waals surface area contributed by atoms with Crippen LogP contribution in [0.3, 0.4) is 0 Å². The summed E-state index contributed by atoms with van der Waals surface area (Å²) >= 11 is 0. The second-order valence-corrected chi connectivity index (χ2v) is 3.66. The average Bonchev–Trinajstić information content (AvgIpc) is 2.19. The summed E-state index contributed by atoms with van der Waals surface area (Å²) < 4.78 is 0. The lowest BCUT2D eigenvalue weighted by molar-refractivity contribution is -0.137. The van der Waals surface area contributed by atoms with Gasteiger partial charge in [0.1, 0.15) is 5.54 Å². The topological polar surface area (TPSA) is 118 Å². The van der Waals surface area contributed by atoms with E-state index in [0.717, 1.165) is 4.90 Å². The van der Waals surface area contributed by atoms with E-state index in [2.05, 4.69) is 5.32 Å². The van der Waals surface area contributed by atoms with E-state index in [9.17, 15) is 14.4 Å². The highest BCUT2D eigenvalue weighted by molar-refractivity contribution is 6.06. The number of nitrogens with one attached hydrogen (secondary N) is 1. The smallest absolute Gasteiger partial charge is 0.325 e. The number of carboxylic acids is 1. The fourth-order valence-electron chi connectivity index (χ4n) is 1.23. The maximum atomic E-state index is 11.5. The van der Waals surface area contributed by atoms with Crippen molar-refractivity contribution in [3.8, 4) is 0 Å². The summed E-state index contributed by atoms with van der Waals surface area (Å²) in [5, 5.41) is 10.9. The van der Waals surface area contributed by atoms with E-state index in [0.29, 0.717) is 0 Å². The van der Waals surface area contributed by atoms with E-state index >= 15 is 0 Å². The highest BCUT2D eigenvalue weighted by Crippen LogP contribution is 2.16. The highest BCUT2D eigenvalue weighted by Gasteiger charge is 2.43. The van der Waals surface area contributed by atoms with E-state index in [-0.39, 0.29) is 24.3 Å². The van der Waals surface area contributed by atoms with Crippen LogP contribution in [0.4, 0.5) is 4.79 Å². The van der Waals surface area contributed by atoms with Crippen molar-refractivity contribution in [2.24, 2.45) is 0 Å². The third-order valence-corrected chi connectivity index (χ3v) is 1.99. The number of carbonyl (C=O) groups is 3. The first-order valence-corrected chi connectivity index (χ1v) is 4.20. The zero-order chi connectivity index (χ0) is 10.9. The van der Waals surface area contributed by atoms with Crippen LogP contribution in [0, 0.1) is 0 Å². The minimum Gasteiger partial charge on any atom is -0.481 e. The molecule has 0 radical (unpaired) electrons. The number of nitrogens with zero attached hydrogens (tertiary/aromatic N) is 1. The van der Waals surface area contributed by atoms with Gasteiger partial charge in [0, 0.05) is 6.54 Å². The number of imide groups is 1. The van der Waals surface area contributed by atoms with Gasteiger partial charge in [-0.3, -0.25) is 14.5 Å². The maximum Gasteiger partial charge on any atom is 0.325 e. The van der Waals surface area contributed by atoms with E-state index < -0.39 is 17.5 Å². The molecule has 1 fully saturated rings. The van der Waals surface area contributed by atoms with Gasteiger partial charge in [0.25, 0.3) is 5.91 Å². The van der Waals surface area contributed by atoms with Gasteiger partial charge in [0.05, 0.1) is 6.42 Å².